The van der Waals surface area contributed by atoms with Crippen molar-refractivity contribution >= 4 is 39.1 Å². The monoisotopic (exact) mass is 487 g/mol. The number of hydrogen-bond acceptors (Lipinski definition) is 6. The van der Waals surface area contributed by atoms with Crippen LogP contribution in [0.4, 0.5) is 5.69 Å². The Bertz CT molecular complexity index is 1470. The molecule has 0 saturated carbocycles. The average Bonchev–Trinajstić information content (AvgIpc) is 3.31. The van der Waals surface area contributed by atoms with Crippen molar-refractivity contribution in [1.29, 1.82) is 0 Å². The SMILES string of the molecule is CCOC(=O)c1ccc(NC(=O)Cn2cnc3scc(-c4ccc5c(c4)CCCC5)c3c2=O)cc1. The first-order valence-electron chi connectivity index (χ1n) is 11.7. The fourth-order valence-corrected chi connectivity index (χ4v) is 5.36. The lowest BCUT2D eigenvalue weighted by Gasteiger charge is -2.16. The minimum Gasteiger partial charge on any atom is -0.462 e. The van der Waals surface area contributed by atoms with Gasteiger partial charge in [0, 0.05) is 16.6 Å². The maximum atomic E-state index is 13.3. The van der Waals surface area contributed by atoms with Crippen LogP contribution in [0.3, 0.4) is 0 Å². The van der Waals surface area contributed by atoms with E-state index in [1.54, 1.807) is 31.2 Å². The zero-order valence-electron chi connectivity index (χ0n) is 19.4. The molecule has 178 valence electrons. The van der Waals surface area contributed by atoms with E-state index in [2.05, 4.69) is 28.5 Å². The molecular formula is C27H25N3O4S. The van der Waals surface area contributed by atoms with Crippen LogP contribution in [-0.4, -0.2) is 28.0 Å². The van der Waals surface area contributed by atoms with Crippen molar-refractivity contribution in [3.63, 3.8) is 0 Å². The number of hydrogen-bond donors (Lipinski definition) is 1. The highest BCUT2D eigenvalue weighted by atomic mass is 32.1. The second-order valence-electron chi connectivity index (χ2n) is 8.54. The summed E-state index contributed by atoms with van der Waals surface area (Å²) in [6, 6.07) is 12.9. The first kappa shape index (κ1) is 23.0. The molecule has 0 aliphatic heterocycles. The molecule has 1 aliphatic rings. The van der Waals surface area contributed by atoms with Crippen molar-refractivity contribution in [2.45, 2.75) is 39.2 Å². The number of benzene rings is 2. The van der Waals surface area contributed by atoms with Gasteiger partial charge in [-0.15, -0.1) is 11.3 Å². The number of fused-ring (bicyclic) bond motifs is 2. The maximum absolute atomic E-state index is 13.3. The van der Waals surface area contributed by atoms with Gasteiger partial charge in [0.2, 0.25) is 5.91 Å². The van der Waals surface area contributed by atoms with Crippen LogP contribution in [0.25, 0.3) is 21.3 Å². The Kier molecular flexibility index (Phi) is 6.46. The fourth-order valence-electron chi connectivity index (χ4n) is 4.45. The number of anilines is 1. The van der Waals surface area contributed by atoms with Gasteiger partial charge in [0.1, 0.15) is 11.4 Å². The summed E-state index contributed by atoms with van der Waals surface area (Å²) in [4.78, 5) is 42.9. The molecule has 0 spiro atoms. The second-order valence-corrected chi connectivity index (χ2v) is 9.40. The van der Waals surface area contributed by atoms with E-state index in [1.165, 1.54) is 46.2 Å². The normalized spacial score (nSPS) is 12.8. The van der Waals surface area contributed by atoms with Crippen LogP contribution in [0.5, 0.6) is 0 Å². The summed E-state index contributed by atoms with van der Waals surface area (Å²) < 4.78 is 6.30. The van der Waals surface area contributed by atoms with E-state index in [0.717, 1.165) is 24.0 Å². The number of aryl methyl sites for hydroxylation is 2. The van der Waals surface area contributed by atoms with Crippen LogP contribution in [0.1, 0.15) is 41.3 Å². The highest BCUT2D eigenvalue weighted by Gasteiger charge is 2.17. The topological polar surface area (TPSA) is 90.3 Å². The Morgan fingerprint density at radius 2 is 1.86 bits per heavy atom. The predicted octanol–water partition coefficient (Wildman–Crippen LogP) is 4.82. The molecular weight excluding hydrogens is 462 g/mol. The zero-order valence-corrected chi connectivity index (χ0v) is 20.2. The molecule has 35 heavy (non-hydrogen) atoms. The Balaban J connectivity index is 1.37. The molecule has 1 aliphatic carbocycles. The van der Waals surface area contributed by atoms with Crippen LogP contribution in [0.2, 0.25) is 0 Å². The number of aromatic nitrogens is 2. The molecule has 0 atom stereocenters. The minimum atomic E-state index is -0.415. The van der Waals surface area contributed by atoms with Gasteiger partial charge in [0.25, 0.3) is 5.56 Å². The molecule has 0 radical (unpaired) electrons. The molecule has 0 fully saturated rings. The van der Waals surface area contributed by atoms with E-state index in [1.807, 2.05) is 5.38 Å². The summed E-state index contributed by atoms with van der Waals surface area (Å²) in [5, 5.41) is 5.28. The summed E-state index contributed by atoms with van der Waals surface area (Å²) in [6.45, 7) is 1.87. The molecule has 5 rings (SSSR count). The van der Waals surface area contributed by atoms with Gasteiger partial charge in [-0.2, -0.15) is 0 Å². The fraction of sp³-hybridized carbons (Fsp3) is 0.259. The van der Waals surface area contributed by atoms with Crippen LogP contribution in [-0.2, 0) is 28.9 Å². The number of nitrogens with zero attached hydrogens (tertiary/aromatic N) is 2. The zero-order chi connectivity index (χ0) is 24.4. The number of rotatable bonds is 6. The summed E-state index contributed by atoms with van der Waals surface area (Å²) in [7, 11) is 0. The van der Waals surface area contributed by atoms with Crippen LogP contribution >= 0.6 is 11.3 Å². The molecule has 0 saturated heterocycles. The minimum absolute atomic E-state index is 0.166. The Hall–Kier alpha value is -3.78. The van der Waals surface area contributed by atoms with Gasteiger partial charge in [0.15, 0.2) is 0 Å². The number of carbonyl (C=O) groups excluding carboxylic acids is 2. The molecule has 0 bridgehead atoms. The molecule has 7 nitrogen and oxygen atoms in total. The maximum Gasteiger partial charge on any atom is 0.338 e. The summed E-state index contributed by atoms with van der Waals surface area (Å²) in [5.41, 5.74) is 5.31. The van der Waals surface area contributed by atoms with Gasteiger partial charge < -0.3 is 10.1 Å². The number of nitrogens with one attached hydrogen (secondary N) is 1. The summed E-state index contributed by atoms with van der Waals surface area (Å²) in [5.74, 6) is -0.774. The predicted molar refractivity (Wildman–Crippen MR) is 137 cm³/mol. The first-order valence-corrected chi connectivity index (χ1v) is 12.6. The molecule has 1 amide bonds. The van der Waals surface area contributed by atoms with E-state index < -0.39 is 5.97 Å². The van der Waals surface area contributed by atoms with Gasteiger partial charge >= 0.3 is 5.97 Å². The molecule has 8 heteroatoms. The highest BCUT2D eigenvalue weighted by Crippen LogP contribution is 2.33. The lowest BCUT2D eigenvalue weighted by Crippen LogP contribution is -2.27. The highest BCUT2D eigenvalue weighted by molar-refractivity contribution is 7.17. The van der Waals surface area contributed by atoms with Gasteiger partial charge in [-0.05, 0) is 73.6 Å². The standard InChI is InChI=1S/C27H25N3O4S/c1-2-34-27(33)18-9-11-21(12-10-18)29-23(31)14-30-16-28-25-24(26(30)32)22(15-35-25)20-8-7-17-5-3-4-6-19(17)13-20/h7-13,15-16H,2-6,14H2,1H3,(H,29,31). The summed E-state index contributed by atoms with van der Waals surface area (Å²) in [6.07, 6.45) is 6.00. The van der Waals surface area contributed by atoms with E-state index in [4.69, 9.17) is 4.74 Å². The van der Waals surface area contributed by atoms with E-state index in [9.17, 15) is 14.4 Å². The van der Waals surface area contributed by atoms with Crippen molar-refractivity contribution in [2.75, 3.05) is 11.9 Å². The molecule has 2 aromatic carbocycles. The van der Waals surface area contributed by atoms with Crippen LogP contribution in [0, 0.1) is 0 Å². The third-order valence-electron chi connectivity index (χ3n) is 6.21. The van der Waals surface area contributed by atoms with Crippen molar-refractivity contribution in [2.24, 2.45) is 0 Å². The second kappa shape index (κ2) is 9.84. The number of ether oxygens (including phenoxy) is 1. The lowest BCUT2D eigenvalue weighted by molar-refractivity contribution is -0.116. The van der Waals surface area contributed by atoms with Crippen molar-refractivity contribution in [3.8, 4) is 11.1 Å². The molecule has 2 aromatic heterocycles. The Labute approximate surface area is 206 Å². The number of esters is 1. The van der Waals surface area contributed by atoms with Crippen molar-refractivity contribution < 1.29 is 14.3 Å². The number of carbonyl (C=O) groups is 2. The van der Waals surface area contributed by atoms with Crippen LogP contribution < -0.4 is 10.9 Å². The van der Waals surface area contributed by atoms with E-state index in [-0.39, 0.29) is 18.0 Å². The molecule has 2 heterocycles. The number of amides is 1. The van der Waals surface area contributed by atoms with E-state index >= 15 is 0 Å². The van der Waals surface area contributed by atoms with Gasteiger partial charge in [-0.3, -0.25) is 14.2 Å². The smallest absolute Gasteiger partial charge is 0.338 e. The third kappa shape index (κ3) is 4.74. The van der Waals surface area contributed by atoms with Gasteiger partial charge in [-0.25, -0.2) is 9.78 Å². The van der Waals surface area contributed by atoms with Gasteiger partial charge in [0.05, 0.1) is 23.9 Å². The largest absolute Gasteiger partial charge is 0.462 e. The quantitative estimate of drug-likeness (QED) is 0.394. The van der Waals surface area contributed by atoms with Crippen molar-refractivity contribution in [3.05, 3.63) is 81.2 Å². The molecule has 0 unspecified atom stereocenters. The van der Waals surface area contributed by atoms with E-state index in [0.29, 0.717) is 28.1 Å². The first-order chi connectivity index (χ1) is 17.0. The lowest BCUT2D eigenvalue weighted by atomic mass is 9.89. The average molecular weight is 488 g/mol. The molecule has 4 aromatic rings. The molecule has 1 N–H and O–H groups in total. The third-order valence-corrected chi connectivity index (χ3v) is 7.10. The van der Waals surface area contributed by atoms with Crippen molar-refractivity contribution in [1.82, 2.24) is 9.55 Å². The Morgan fingerprint density at radius 1 is 1.09 bits per heavy atom. The number of thiophene rings is 1. The summed E-state index contributed by atoms with van der Waals surface area (Å²) >= 11 is 1.43. The van der Waals surface area contributed by atoms with Crippen LogP contribution in [0.15, 0.2) is 59.0 Å². The van der Waals surface area contributed by atoms with Gasteiger partial charge in [-0.1, -0.05) is 18.2 Å². The Morgan fingerprint density at radius 3 is 2.63 bits per heavy atom.